The van der Waals surface area contributed by atoms with Crippen LogP contribution in [0.5, 0.6) is 0 Å². The molecule has 2 heterocycles. The minimum Gasteiger partial charge on any atom is -0.378 e. The maximum absolute atomic E-state index is 5.58. The van der Waals surface area contributed by atoms with Crippen LogP contribution in [0.15, 0.2) is 0 Å². The van der Waals surface area contributed by atoms with Gasteiger partial charge in [0.2, 0.25) is 0 Å². The van der Waals surface area contributed by atoms with E-state index < -0.39 is 0 Å². The lowest BCUT2D eigenvalue weighted by Gasteiger charge is -2.31. The van der Waals surface area contributed by atoms with E-state index in [9.17, 15) is 0 Å². The van der Waals surface area contributed by atoms with Crippen molar-refractivity contribution in [1.29, 1.82) is 0 Å². The lowest BCUT2D eigenvalue weighted by atomic mass is 10.0. The summed E-state index contributed by atoms with van der Waals surface area (Å²) in [4.78, 5) is 2.43. The Balaban J connectivity index is 1.68. The van der Waals surface area contributed by atoms with Gasteiger partial charge in [0, 0.05) is 25.7 Å². The molecule has 3 nitrogen and oxygen atoms in total. The fraction of sp³-hybridized carbons (Fsp3) is 1.00. The van der Waals surface area contributed by atoms with Crippen LogP contribution in [0, 0.1) is 5.92 Å². The van der Waals surface area contributed by atoms with Gasteiger partial charge in [0.15, 0.2) is 0 Å². The highest BCUT2D eigenvalue weighted by atomic mass is 16.5. The van der Waals surface area contributed by atoms with Gasteiger partial charge >= 0.3 is 0 Å². The summed E-state index contributed by atoms with van der Waals surface area (Å²) in [5.74, 6) is 0.734. The molecule has 88 valence electrons. The van der Waals surface area contributed by atoms with Gasteiger partial charge in [-0.3, -0.25) is 0 Å². The quantitative estimate of drug-likeness (QED) is 0.758. The predicted molar refractivity (Wildman–Crippen MR) is 62.0 cm³/mol. The fourth-order valence-electron chi connectivity index (χ4n) is 2.70. The van der Waals surface area contributed by atoms with Crippen molar-refractivity contribution in [3.8, 4) is 0 Å². The molecule has 2 saturated heterocycles. The normalized spacial score (nSPS) is 38.4. The number of nitrogens with zero attached hydrogens (tertiary/aromatic N) is 1. The van der Waals surface area contributed by atoms with Crippen molar-refractivity contribution in [3.05, 3.63) is 0 Å². The van der Waals surface area contributed by atoms with E-state index in [0.29, 0.717) is 12.1 Å². The summed E-state index contributed by atoms with van der Waals surface area (Å²) in [6.07, 6.45) is 4.37. The van der Waals surface area contributed by atoms with E-state index in [-0.39, 0.29) is 0 Å². The highest BCUT2D eigenvalue weighted by Gasteiger charge is 2.25. The highest BCUT2D eigenvalue weighted by molar-refractivity contribution is 4.80. The zero-order valence-corrected chi connectivity index (χ0v) is 10.0. The summed E-state index contributed by atoms with van der Waals surface area (Å²) in [5, 5.41) is 3.70. The van der Waals surface area contributed by atoms with Crippen molar-refractivity contribution in [2.45, 2.75) is 38.3 Å². The van der Waals surface area contributed by atoms with Crippen molar-refractivity contribution in [2.24, 2.45) is 5.92 Å². The Kier molecular flexibility index (Phi) is 4.00. The summed E-state index contributed by atoms with van der Waals surface area (Å²) in [6.45, 7) is 6.77. The molecule has 0 aromatic carbocycles. The molecule has 0 radical (unpaired) electrons. The molecule has 2 aliphatic rings. The number of hydrogen-bond donors (Lipinski definition) is 1. The van der Waals surface area contributed by atoms with Gasteiger partial charge in [-0.15, -0.1) is 0 Å². The van der Waals surface area contributed by atoms with Crippen molar-refractivity contribution in [2.75, 3.05) is 33.3 Å². The monoisotopic (exact) mass is 212 g/mol. The first-order chi connectivity index (χ1) is 7.25. The zero-order chi connectivity index (χ0) is 10.7. The molecule has 3 atom stereocenters. The molecule has 2 fully saturated rings. The Bertz CT molecular complexity index is 198. The number of nitrogens with one attached hydrogen (secondary N) is 1. The second kappa shape index (κ2) is 5.28. The van der Waals surface area contributed by atoms with Crippen molar-refractivity contribution >= 4 is 0 Å². The van der Waals surface area contributed by atoms with Crippen LogP contribution in [-0.2, 0) is 4.74 Å². The Morgan fingerprint density at radius 2 is 2.27 bits per heavy atom. The Labute approximate surface area is 93.2 Å². The van der Waals surface area contributed by atoms with Crippen molar-refractivity contribution < 1.29 is 4.74 Å². The molecule has 2 aliphatic heterocycles. The highest BCUT2D eigenvalue weighted by Crippen LogP contribution is 2.20. The van der Waals surface area contributed by atoms with E-state index in [2.05, 4.69) is 24.2 Å². The molecule has 15 heavy (non-hydrogen) atoms. The molecular weight excluding hydrogens is 188 g/mol. The standard InChI is InChI=1S/C12H24N2O/c1-10-11(5-7-15-10)8-13-12-4-3-6-14(2)9-12/h10-13H,3-9H2,1-2H3. The first-order valence-electron chi connectivity index (χ1n) is 6.29. The van der Waals surface area contributed by atoms with E-state index in [1.165, 1.54) is 32.4 Å². The van der Waals surface area contributed by atoms with E-state index in [4.69, 9.17) is 4.74 Å². The molecule has 0 saturated carbocycles. The minimum atomic E-state index is 0.457. The summed E-state index contributed by atoms with van der Waals surface area (Å²) in [7, 11) is 2.22. The second-order valence-corrected chi connectivity index (χ2v) is 5.13. The number of likely N-dealkylation sites (tertiary alicyclic amines) is 1. The van der Waals surface area contributed by atoms with Gasteiger partial charge in [-0.05, 0) is 45.7 Å². The van der Waals surface area contributed by atoms with Gasteiger partial charge in [-0.25, -0.2) is 0 Å². The average Bonchev–Trinajstić information content (AvgIpc) is 2.61. The predicted octanol–water partition coefficient (Wildman–Crippen LogP) is 1.10. The van der Waals surface area contributed by atoms with Gasteiger partial charge in [0.25, 0.3) is 0 Å². The molecule has 1 N–H and O–H groups in total. The maximum Gasteiger partial charge on any atom is 0.0588 e. The third-order valence-corrected chi connectivity index (χ3v) is 3.83. The second-order valence-electron chi connectivity index (χ2n) is 5.13. The third-order valence-electron chi connectivity index (χ3n) is 3.83. The Morgan fingerprint density at radius 3 is 2.93 bits per heavy atom. The van der Waals surface area contributed by atoms with Crippen LogP contribution < -0.4 is 5.32 Å². The van der Waals surface area contributed by atoms with Crippen LogP contribution in [0.2, 0.25) is 0 Å². The summed E-state index contributed by atoms with van der Waals surface area (Å²) in [6, 6.07) is 0.705. The van der Waals surface area contributed by atoms with Crippen LogP contribution in [-0.4, -0.2) is 50.3 Å². The topological polar surface area (TPSA) is 24.5 Å². The van der Waals surface area contributed by atoms with Crippen LogP contribution in [0.4, 0.5) is 0 Å². The number of rotatable bonds is 3. The zero-order valence-electron chi connectivity index (χ0n) is 10.0. The number of ether oxygens (including phenoxy) is 1. The SMILES string of the molecule is CC1OCCC1CNC1CCCN(C)C1. The Hall–Kier alpha value is -0.120. The van der Waals surface area contributed by atoms with Crippen molar-refractivity contribution in [1.82, 2.24) is 10.2 Å². The van der Waals surface area contributed by atoms with Crippen LogP contribution in [0.3, 0.4) is 0 Å². The van der Waals surface area contributed by atoms with Crippen LogP contribution in [0.25, 0.3) is 0 Å². The summed E-state index contributed by atoms with van der Waals surface area (Å²) >= 11 is 0. The van der Waals surface area contributed by atoms with Gasteiger partial charge in [-0.1, -0.05) is 0 Å². The summed E-state index contributed by atoms with van der Waals surface area (Å²) < 4.78 is 5.58. The molecule has 0 aliphatic carbocycles. The van der Waals surface area contributed by atoms with Gasteiger partial charge in [-0.2, -0.15) is 0 Å². The fourth-order valence-corrected chi connectivity index (χ4v) is 2.70. The Morgan fingerprint density at radius 1 is 1.40 bits per heavy atom. The smallest absolute Gasteiger partial charge is 0.0588 e. The van der Waals surface area contributed by atoms with Gasteiger partial charge in [0.05, 0.1) is 6.10 Å². The molecule has 0 bridgehead atoms. The van der Waals surface area contributed by atoms with E-state index >= 15 is 0 Å². The van der Waals surface area contributed by atoms with Gasteiger partial charge < -0.3 is 15.0 Å². The molecule has 0 aromatic rings. The van der Waals surface area contributed by atoms with E-state index in [0.717, 1.165) is 19.1 Å². The summed E-state index contributed by atoms with van der Waals surface area (Å²) in [5.41, 5.74) is 0. The lowest BCUT2D eigenvalue weighted by molar-refractivity contribution is 0.103. The molecule has 3 heteroatoms. The first kappa shape index (κ1) is 11.4. The maximum atomic E-state index is 5.58. The number of hydrogen-bond acceptors (Lipinski definition) is 3. The number of likely N-dealkylation sites (N-methyl/N-ethyl adjacent to an activating group) is 1. The molecule has 0 amide bonds. The molecule has 0 aromatic heterocycles. The third kappa shape index (κ3) is 3.16. The molecule has 3 unspecified atom stereocenters. The van der Waals surface area contributed by atoms with Crippen LogP contribution >= 0.6 is 0 Å². The van der Waals surface area contributed by atoms with E-state index in [1.807, 2.05) is 0 Å². The average molecular weight is 212 g/mol. The minimum absolute atomic E-state index is 0.457. The van der Waals surface area contributed by atoms with Gasteiger partial charge in [0.1, 0.15) is 0 Å². The molecule has 0 spiro atoms. The van der Waals surface area contributed by atoms with Crippen LogP contribution in [0.1, 0.15) is 26.2 Å². The molecular formula is C12H24N2O. The lowest BCUT2D eigenvalue weighted by Crippen LogP contribution is -2.45. The van der Waals surface area contributed by atoms with Crippen molar-refractivity contribution in [3.63, 3.8) is 0 Å². The molecule has 2 rings (SSSR count). The number of piperidine rings is 1. The van der Waals surface area contributed by atoms with E-state index in [1.54, 1.807) is 0 Å². The largest absolute Gasteiger partial charge is 0.378 e. The first-order valence-corrected chi connectivity index (χ1v) is 6.29.